The zero-order valence-electron chi connectivity index (χ0n) is 23.8. The molecule has 4 rings (SSSR count). The lowest BCUT2D eigenvalue weighted by Crippen LogP contribution is -2.45. The number of carbonyl (C=O) groups excluding carboxylic acids is 1. The fraction of sp³-hybridized carbons (Fsp3) is 0.562. The maximum atomic E-state index is 13.6. The lowest BCUT2D eigenvalue weighted by atomic mass is 9.80. The number of rotatable bonds is 11. The summed E-state index contributed by atoms with van der Waals surface area (Å²) in [5.74, 6) is 1.12. The fourth-order valence-electron chi connectivity index (χ4n) is 6.47. The van der Waals surface area contributed by atoms with Crippen LogP contribution < -0.4 is 10.6 Å². The largest absolute Gasteiger partial charge is 0.465 e. The van der Waals surface area contributed by atoms with Gasteiger partial charge >= 0.3 is 6.09 Å². The maximum Gasteiger partial charge on any atom is 0.404 e. The smallest absolute Gasteiger partial charge is 0.404 e. The van der Waals surface area contributed by atoms with Crippen LogP contribution in [0.2, 0.25) is 5.02 Å². The number of hydrogen-bond donors (Lipinski definition) is 3. The number of nitrogens with one attached hydrogen (secondary N) is 2. The standard InChI is InChI=1S/C32H44ClN3O4/c1-3-22-7-4-8-25(19-22)29-27(10-5-11-28(29)33)30(40-18-16-35-32(38)39)26-9-6-17-36(21-26)31(37)24-14-12-23(13-15-24)20-34-2/h4-5,7-8,10-11,19,23-24,26,30,34-35H,3,6,9,12-18,20-21H2,1-2H3,(H,38,39)/t23-,24-,26-,30-/m1/s1. The average molecular weight is 570 g/mol. The second-order valence-electron chi connectivity index (χ2n) is 11.2. The summed E-state index contributed by atoms with van der Waals surface area (Å²) in [5, 5.41) is 15.4. The van der Waals surface area contributed by atoms with Crippen molar-refractivity contribution in [1.29, 1.82) is 0 Å². The van der Waals surface area contributed by atoms with Crippen LogP contribution in [0.3, 0.4) is 0 Å². The van der Waals surface area contributed by atoms with E-state index in [0.29, 0.717) is 17.5 Å². The Morgan fingerprint density at radius 2 is 1.90 bits per heavy atom. The number of amides is 2. The molecule has 1 aliphatic carbocycles. The van der Waals surface area contributed by atoms with Crippen molar-refractivity contribution in [3.8, 4) is 11.1 Å². The van der Waals surface area contributed by atoms with Gasteiger partial charge in [0.05, 0.1) is 12.7 Å². The number of likely N-dealkylation sites (tertiary alicyclic amines) is 1. The van der Waals surface area contributed by atoms with E-state index in [1.54, 1.807) is 0 Å². The summed E-state index contributed by atoms with van der Waals surface area (Å²) in [7, 11) is 1.99. The minimum Gasteiger partial charge on any atom is -0.465 e. The molecule has 0 radical (unpaired) electrons. The molecule has 2 amide bonds. The summed E-state index contributed by atoms with van der Waals surface area (Å²) >= 11 is 6.85. The highest BCUT2D eigenvalue weighted by Gasteiger charge is 2.36. The van der Waals surface area contributed by atoms with Gasteiger partial charge in [-0.25, -0.2) is 4.79 Å². The zero-order chi connectivity index (χ0) is 28.5. The van der Waals surface area contributed by atoms with Crippen molar-refractivity contribution < 1.29 is 19.4 Å². The molecule has 2 aromatic rings. The number of piperidine rings is 1. The Bertz CT molecular complexity index is 1130. The molecule has 1 saturated heterocycles. The van der Waals surface area contributed by atoms with E-state index in [-0.39, 0.29) is 37.0 Å². The van der Waals surface area contributed by atoms with Crippen molar-refractivity contribution in [1.82, 2.24) is 15.5 Å². The number of benzene rings is 2. The summed E-state index contributed by atoms with van der Waals surface area (Å²) in [6.45, 7) is 4.99. The van der Waals surface area contributed by atoms with Crippen LogP contribution in [0.4, 0.5) is 4.79 Å². The van der Waals surface area contributed by atoms with Crippen molar-refractivity contribution in [2.75, 3.05) is 39.8 Å². The number of hydrogen-bond acceptors (Lipinski definition) is 4. The first-order valence-corrected chi connectivity index (χ1v) is 15.2. The van der Waals surface area contributed by atoms with E-state index in [0.717, 1.165) is 74.7 Å². The highest BCUT2D eigenvalue weighted by molar-refractivity contribution is 6.33. The number of halogens is 1. The molecule has 0 aromatic heterocycles. The molecule has 0 bridgehead atoms. The monoisotopic (exact) mass is 569 g/mol. The third-order valence-corrected chi connectivity index (χ3v) is 8.85. The van der Waals surface area contributed by atoms with Crippen LogP contribution in [0.15, 0.2) is 42.5 Å². The topological polar surface area (TPSA) is 90.9 Å². The molecule has 2 aliphatic rings. The van der Waals surface area contributed by atoms with Gasteiger partial charge in [-0.05, 0) is 87.2 Å². The van der Waals surface area contributed by atoms with Gasteiger partial charge < -0.3 is 25.4 Å². The van der Waals surface area contributed by atoms with E-state index in [2.05, 4.69) is 52.8 Å². The predicted octanol–water partition coefficient (Wildman–Crippen LogP) is 6.16. The zero-order valence-corrected chi connectivity index (χ0v) is 24.6. The van der Waals surface area contributed by atoms with Gasteiger partial charge in [-0.3, -0.25) is 4.79 Å². The predicted molar refractivity (Wildman–Crippen MR) is 160 cm³/mol. The summed E-state index contributed by atoms with van der Waals surface area (Å²) < 4.78 is 6.48. The number of carboxylic acid groups (broad SMARTS) is 1. The highest BCUT2D eigenvalue weighted by Crippen LogP contribution is 2.42. The van der Waals surface area contributed by atoms with E-state index < -0.39 is 6.09 Å². The third kappa shape index (κ3) is 7.77. The molecule has 40 heavy (non-hydrogen) atoms. The number of aryl methyl sites for hydroxylation is 1. The van der Waals surface area contributed by atoms with Gasteiger partial charge in [-0.15, -0.1) is 0 Å². The van der Waals surface area contributed by atoms with Gasteiger partial charge in [0.2, 0.25) is 5.91 Å². The summed E-state index contributed by atoms with van der Waals surface area (Å²) in [6, 6.07) is 14.3. The van der Waals surface area contributed by atoms with Gasteiger partial charge in [0.25, 0.3) is 0 Å². The van der Waals surface area contributed by atoms with Crippen molar-refractivity contribution in [3.63, 3.8) is 0 Å². The van der Waals surface area contributed by atoms with Crippen molar-refractivity contribution in [3.05, 3.63) is 58.6 Å². The number of carbonyl (C=O) groups is 2. The van der Waals surface area contributed by atoms with E-state index in [9.17, 15) is 9.59 Å². The summed E-state index contributed by atoms with van der Waals surface area (Å²) in [5.41, 5.74) is 4.20. The number of nitrogens with zero attached hydrogens (tertiary/aromatic N) is 1. The van der Waals surface area contributed by atoms with Crippen LogP contribution >= 0.6 is 11.6 Å². The SMILES string of the molecule is CCc1cccc(-c2c(Cl)cccc2[C@H](OCCNC(=O)O)[C@@H]2CCCN(C(=O)[C@H]3CC[C@H](CNC)CC3)C2)c1. The van der Waals surface area contributed by atoms with Gasteiger partial charge in [-0.2, -0.15) is 0 Å². The lowest BCUT2D eigenvalue weighted by molar-refractivity contribution is -0.140. The molecule has 2 fully saturated rings. The Kier molecular flexibility index (Phi) is 11.3. The first-order chi connectivity index (χ1) is 19.4. The molecule has 2 atom stereocenters. The van der Waals surface area contributed by atoms with E-state index in [4.69, 9.17) is 21.4 Å². The van der Waals surface area contributed by atoms with E-state index >= 15 is 0 Å². The molecule has 7 nitrogen and oxygen atoms in total. The first-order valence-electron chi connectivity index (χ1n) is 14.8. The minimum absolute atomic E-state index is 0.0785. The van der Waals surface area contributed by atoms with Crippen LogP contribution in [0.5, 0.6) is 0 Å². The fourth-order valence-corrected chi connectivity index (χ4v) is 6.76. The van der Waals surface area contributed by atoms with Crippen LogP contribution in [-0.4, -0.2) is 61.8 Å². The van der Waals surface area contributed by atoms with Crippen molar-refractivity contribution >= 4 is 23.6 Å². The van der Waals surface area contributed by atoms with Crippen LogP contribution in [0, 0.1) is 17.8 Å². The molecule has 3 N–H and O–H groups in total. The first kappa shape index (κ1) is 30.4. The Labute approximate surface area is 243 Å². The molecule has 0 spiro atoms. The van der Waals surface area contributed by atoms with Gasteiger partial charge in [0.15, 0.2) is 0 Å². The Balaban J connectivity index is 1.58. The highest BCUT2D eigenvalue weighted by atomic mass is 35.5. The normalized spacial score (nSPS) is 22.1. The number of ether oxygens (including phenoxy) is 1. The maximum absolute atomic E-state index is 13.6. The Morgan fingerprint density at radius 3 is 2.62 bits per heavy atom. The molecule has 1 aliphatic heterocycles. The molecule has 218 valence electrons. The molecule has 0 unspecified atom stereocenters. The van der Waals surface area contributed by atoms with Gasteiger partial charge in [0.1, 0.15) is 0 Å². The summed E-state index contributed by atoms with van der Waals surface area (Å²) in [4.78, 5) is 26.8. The second-order valence-corrected chi connectivity index (χ2v) is 11.7. The van der Waals surface area contributed by atoms with Gasteiger partial charge in [0, 0.05) is 42.1 Å². The second kappa shape index (κ2) is 14.9. The minimum atomic E-state index is -1.07. The van der Waals surface area contributed by atoms with Gasteiger partial charge in [-0.1, -0.05) is 54.9 Å². The molecule has 1 heterocycles. The summed E-state index contributed by atoms with van der Waals surface area (Å²) in [6.07, 6.45) is 5.48. The molecule has 1 saturated carbocycles. The third-order valence-electron chi connectivity index (χ3n) is 8.54. The van der Waals surface area contributed by atoms with Crippen LogP contribution in [0.1, 0.15) is 62.7 Å². The molecule has 2 aromatic carbocycles. The molecule has 8 heteroatoms. The quantitative estimate of drug-likeness (QED) is 0.282. The lowest BCUT2D eigenvalue weighted by Gasteiger charge is -2.40. The van der Waals surface area contributed by atoms with Crippen molar-refractivity contribution in [2.45, 2.75) is 58.0 Å². The Morgan fingerprint density at radius 1 is 1.12 bits per heavy atom. The van der Waals surface area contributed by atoms with Crippen LogP contribution in [-0.2, 0) is 16.0 Å². The van der Waals surface area contributed by atoms with Crippen molar-refractivity contribution in [2.24, 2.45) is 17.8 Å². The molecular weight excluding hydrogens is 526 g/mol. The van der Waals surface area contributed by atoms with Crippen LogP contribution in [0.25, 0.3) is 11.1 Å². The van der Waals surface area contributed by atoms with E-state index in [1.807, 2.05) is 19.2 Å². The Hall–Kier alpha value is -2.61. The molecular formula is C32H44ClN3O4. The van der Waals surface area contributed by atoms with E-state index in [1.165, 1.54) is 5.56 Å². The average Bonchev–Trinajstić information content (AvgIpc) is 2.97.